The summed E-state index contributed by atoms with van der Waals surface area (Å²) in [4.78, 5) is 3.49. The maximum Gasteiger partial charge on any atom is 0.433 e. The lowest BCUT2D eigenvalue weighted by molar-refractivity contribution is -0.141. The van der Waals surface area contributed by atoms with E-state index in [-0.39, 0.29) is 12.4 Å². The number of rotatable bonds is 3. The molecule has 1 aliphatic carbocycles. The largest absolute Gasteiger partial charge is 0.433 e. The topological polar surface area (TPSA) is 45.1 Å². The smallest absolute Gasteiger partial charge is 0.388 e. The number of anilines is 1. The van der Waals surface area contributed by atoms with Gasteiger partial charge in [0.2, 0.25) is 0 Å². The van der Waals surface area contributed by atoms with Gasteiger partial charge in [-0.2, -0.15) is 13.2 Å². The van der Waals surface area contributed by atoms with Crippen LogP contribution in [0.5, 0.6) is 0 Å². The van der Waals surface area contributed by atoms with E-state index in [0.29, 0.717) is 12.8 Å². The summed E-state index contributed by atoms with van der Waals surface area (Å²) < 4.78 is 37.3. The van der Waals surface area contributed by atoms with Gasteiger partial charge < -0.3 is 10.4 Å². The van der Waals surface area contributed by atoms with Crippen molar-refractivity contribution in [1.29, 1.82) is 0 Å². The minimum atomic E-state index is -4.44. The molecule has 18 heavy (non-hydrogen) atoms. The Balaban J connectivity index is 2.01. The van der Waals surface area contributed by atoms with E-state index in [1.807, 2.05) is 0 Å². The summed E-state index contributed by atoms with van der Waals surface area (Å²) in [5, 5.41) is 12.8. The minimum absolute atomic E-state index is 0.144. The minimum Gasteiger partial charge on any atom is -0.388 e. The molecule has 0 unspecified atom stereocenters. The van der Waals surface area contributed by atoms with Crippen LogP contribution in [0.4, 0.5) is 19.0 Å². The van der Waals surface area contributed by atoms with E-state index in [1.54, 1.807) is 0 Å². The molecule has 0 spiro atoms. The van der Waals surface area contributed by atoms with Crippen LogP contribution in [0.15, 0.2) is 18.2 Å². The molecule has 2 rings (SSSR count). The van der Waals surface area contributed by atoms with Crippen molar-refractivity contribution in [2.45, 2.75) is 37.5 Å². The van der Waals surface area contributed by atoms with Gasteiger partial charge in [0.15, 0.2) is 0 Å². The lowest BCUT2D eigenvalue weighted by atomic mass is 10.0. The molecule has 1 heterocycles. The monoisotopic (exact) mass is 260 g/mol. The van der Waals surface area contributed by atoms with Crippen LogP contribution in [-0.4, -0.2) is 22.2 Å². The number of nitrogens with zero attached hydrogens (tertiary/aromatic N) is 1. The third-order valence-electron chi connectivity index (χ3n) is 3.17. The fourth-order valence-corrected chi connectivity index (χ4v) is 2.16. The Labute approximate surface area is 103 Å². The molecular weight excluding hydrogens is 245 g/mol. The van der Waals surface area contributed by atoms with Crippen molar-refractivity contribution in [3.05, 3.63) is 23.9 Å². The molecule has 100 valence electrons. The van der Waals surface area contributed by atoms with Crippen molar-refractivity contribution < 1.29 is 18.3 Å². The molecule has 1 fully saturated rings. The standard InChI is InChI=1S/C12H15F3N2O/c13-12(14,15)9-4-3-5-10(17-9)16-8-11(18)6-1-2-7-11/h3-5,18H,1-2,6-8H2,(H,16,17). The SMILES string of the molecule is OC1(CNc2cccc(C(F)(F)F)n2)CCCC1. The van der Waals surface area contributed by atoms with E-state index in [2.05, 4.69) is 10.3 Å². The molecule has 6 heteroatoms. The molecule has 0 bridgehead atoms. The number of hydrogen-bond donors (Lipinski definition) is 2. The van der Waals surface area contributed by atoms with Crippen LogP contribution in [0.25, 0.3) is 0 Å². The van der Waals surface area contributed by atoms with Gasteiger partial charge in [-0.15, -0.1) is 0 Å². The lowest BCUT2D eigenvalue weighted by Gasteiger charge is -2.22. The second-order valence-corrected chi connectivity index (χ2v) is 4.69. The summed E-state index contributed by atoms with van der Waals surface area (Å²) in [6.45, 7) is 0.237. The second-order valence-electron chi connectivity index (χ2n) is 4.69. The Morgan fingerprint density at radius 2 is 1.94 bits per heavy atom. The molecule has 3 nitrogen and oxygen atoms in total. The van der Waals surface area contributed by atoms with Crippen LogP contribution >= 0.6 is 0 Å². The van der Waals surface area contributed by atoms with E-state index in [1.165, 1.54) is 12.1 Å². The number of aliphatic hydroxyl groups is 1. The van der Waals surface area contributed by atoms with E-state index >= 15 is 0 Å². The Morgan fingerprint density at radius 1 is 1.28 bits per heavy atom. The van der Waals surface area contributed by atoms with Crippen LogP contribution in [-0.2, 0) is 6.18 Å². The predicted molar refractivity (Wildman–Crippen MR) is 61.1 cm³/mol. The zero-order valence-electron chi connectivity index (χ0n) is 9.80. The summed E-state index contributed by atoms with van der Waals surface area (Å²) in [5.74, 6) is 0.144. The number of nitrogens with one attached hydrogen (secondary N) is 1. The summed E-state index contributed by atoms with van der Waals surface area (Å²) in [6, 6.07) is 3.69. The molecule has 1 aromatic heterocycles. The maximum atomic E-state index is 12.4. The highest BCUT2D eigenvalue weighted by atomic mass is 19.4. The first-order valence-electron chi connectivity index (χ1n) is 5.90. The van der Waals surface area contributed by atoms with Crippen LogP contribution in [0.1, 0.15) is 31.4 Å². The number of alkyl halides is 3. The second kappa shape index (κ2) is 4.76. The zero-order valence-corrected chi connectivity index (χ0v) is 9.80. The normalized spacial score (nSPS) is 18.9. The first-order chi connectivity index (χ1) is 8.39. The molecular formula is C12H15F3N2O. The Morgan fingerprint density at radius 3 is 2.56 bits per heavy atom. The number of hydrogen-bond acceptors (Lipinski definition) is 3. The number of aromatic nitrogens is 1. The highest BCUT2D eigenvalue weighted by Gasteiger charge is 2.33. The Kier molecular flexibility index (Phi) is 3.47. The molecule has 0 aliphatic heterocycles. The van der Waals surface area contributed by atoms with Crippen molar-refractivity contribution in [3.63, 3.8) is 0 Å². The molecule has 1 aliphatic rings. The Hall–Kier alpha value is -1.30. The van der Waals surface area contributed by atoms with E-state index in [0.717, 1.165) is 18.9 Å². The highest BCUT2D eigenvalue weighted by molar-refractivity contribution is 5.36. The molecule has 0 saturated heterocycles. The van der Waals surface area contributed by atoms with Crippen molar-refractivity contribution in [1.82, 2.24) is 4.98 Å². The average Bonchev–Trinajstić information content (AvgIpc) is 2.74. The summed E-state index contributed by atoms with van der Waals surface area (Å²) in [5.41, 5.74) is -1.73. The molecule has 2 N–H and O–H groups in total. The van der Waals surface area contributed by atoms with Crippen LogP contribution in [0.3, 0.4) is 0 Å². The van der Waals surface area contributed by atoms with Gasteiger partial charge in [-0.05, 0) is 25.0 Å². The Bertz CT molecular complexity index is 414. The molecule has 0 amide bonds. The molecule has 1 saturated carbocycles. The van der Waals surface area contributed by atoms with E-state index in [4.69, 9.17) is 0 Å². The first kappa shape index (κ1) is 13.1. The zero-order chi connectivity index (χ0) is 13.2. The molecule has 1 aromatic rings. The third-order valence-corrected chi connectivity index (χ3v) is 3.17. The van der Waals surface area contributed by atoms with Gasteiger partial charge in [-0.25, -0.2) is 4.98 Å². The fraction of sp³-hybridized carbons (Fsp3) is 0.583. The average molecular weight is 260 g/mol. The predicted octanol–water partition coefficient (Wildman–Crippen LogP) is 2.82. The highest BCUT2D eigenvalue weighted by Crippen LogP contribution is 2.30. The lowest BCUT2D eigenvalue weighted by Crippen LogP contribution is -2.33. The summed E-state index contributed by atoms with van der Waals surface area (Å²) in [6.07, 6.45) is -1.18. The summed E-state index contributed by atoms with van der Waals surface area (Å²) >= 11 is 0. The molecule has 0 aromatic carbocycles. The van der Waals surface area contributed by atoms with Gasteiger partial charge in [0.1, 0.15) is 11.5 Å². The molecule has 0 radical (unpaired) electrons. The first-order valence-corrected chi connectivity index (χ1v) is 5.90. The maximum absolute atomic E-state index is 12.4. The van der Waals surface area contributed by atoms with E-state index < -0.39 is 17.5 Å². The van der Waals surface area contributed by atoms with Crippen molar-refractivity contribution in [3.8, 4) is 0 Å². The van der Waals surface area contributed by atoms with Gasteiger partial charge in [0, 0.05) is 6.54 Å². The summed E-state index contributed by atoms with van der Waals surface area (Å²) in [7, 11) is 0. The van der Waals surface area contributed by atoms with Crippen LogP contribution < -0.4 is 5.32 Å². The van der Waals surface area contributed by atoms with Gasteiger partial charge in [-0.3, -0.25) is 0 Å². The van der Waals surface area contributed by atoms with Gasteiger partial charge in [0.25, 0.3) is 0 Å². The van der Waals surface area contributed by atoms with Crippen LogP contribution in [0, 0.1) is 0 Å². The van der Waals surface area contributed by atoms with Crippen molar-refractivity contribution >= 4 is 5.82 Å². The number of halogens is 3. The quantitative estimate of drug-likeness (QED) is 0.878. The van der Waals surface area contributed by atoms with Crippen molar-refractivity contribution in [2.24, 2.45) is 0 Å². The van der Waals surface area contributed by atoms with Gasteiger partial charge in [0.05, 0.1) is 5.60 Å². The van der Waals surface area contributed by atoms with Gasteiger partial charge in [-0.1, -0.05) is 18.9 Å². The fourth-order valence-electron chi connectivity index (χ4n) is 2.16. The van der Waals surface area contributed by atoms with Gasteiger partial charge >= 0.3 is 6.18 Å². The number of pyridine rings is 1. The van der Waals surface area contributed by atoms with E-state index in [9.17, 15) is 18.3 Å². The van der Waals surface area contributed by atoms with Crippen molar-refractivity contribution in [2.75, 3.05) is 11.9 Å². The third kappa shape index (κ3) is 3.13. The van der Waals surface area contributed by atoms with Crippen LogP contribution in [0.2, 0.25) is 0 Å². The molecule has 0 atom stereocenters.